The third-order valence-corrected chi connectivity index (χ3v) is 17.9. The molecule has 6 rings (SSSR count). The summed E-state index contributed by atoms with van der Waals surface area (Å²) in [4.78, 5) is 78.9. The molecule has 0 saturated carbocycles. The predicted octanol–water partition coefficient (Wildman–Crippen LogP) is 4.93. The number of unbranched alkanes of at least 4 members (excludes halogenated alkanes) is 3. The van der Waals surface area contributed by atoms with Crippen molar-refractivity contribution in [3.8, 4) is 5.75 Å². The molecular formula is C60H87N7O15S2. The molecular weight excluding hydrogens is 1120 g/mol. The van der Waals surface area contributed by atoms with Gasteiger partial charge in [-0.05, 0) is 132 Å². The molecule has 3 aliphatic rings. The number of fused-ring (bicyclic) bond motifs is 1. The zero-order valence-electron chi connectivity index (χ0n) is 48.6. The Labute approximate surface area is 498 Å². The van der Waals surface area contributed by atoms with Gasteiger partial charge in [-0.15, -0.1) is 0 Å². The van der Waals surface area contributed by atoms with Crippen molar-refractivity contribution in [3.05, 3.63) is 95.6 Å². The second-order valence-electron chi connectivity index (χ2n) is 21.5. The van der Waals surface area contributed by atoms with E-state index in [1.807, 2.05) is 42.1 Å². The monoisotopic (exact) mass is 1210 g/mol. The highest BCUT2D eigenvalue weighted by molar-refractivity contribution is 8.00. The van der Waals surface area contributed by atoms with Gasteiger partial charge in [0.25, 0.3) is 5.91 Å². The average Bonchev–Trinajstić information content (AvgIpc) is 4.09. The first-order chi connectivity index (χ1) is 40.6. The number of rotatable bonds is 41. The summed E-state index contributed by atoms with van der Waals surface area (Å²) in [6, 6.07) is 19.7. The number of amides is 5. The second-order valence-corrected chi connectivity index (χ2v) is 24.5. The lowest BCUT2D eigenvalue weighted by Crippen LogP contribution is -2.43. The first kappa shape index (κ1) is 67.3. The van der Waals surface area contributed by atoms with Gasteiger partial charge in [-0.25, -0.2) is 18.0 Å². The molecule has 24 heteroatoms. The summed E-state index contributed by atoms with van der Waals surface area (Å²) in [7, 11) is -0.417. The number of sulfonamides is 1. The summed E-state index contributed by atoms with van der Waals surface area (Å²) >= 11 is 1.86. The number of carbonyl (C=O) groups is 6. The molecule has 0 aliphatic carbocycles. The highest BCUT2D eigenvalue weighted by Crippen LogP contribution is 2.33. The van der Waals surface area contributed by atoms with Gasteiger partial charge < -0.3 is 64.6 Å². The third-order valence-electron chi connectivity index (χ3n) is 14.9. The van der Waals surface area contributed by atoms with E-state index in [9.17, 15) is 42.3 Å². The van der Waals surface area contributed by atoms with Crippen LogP contribution in [-0.2, 0) is 65.9 Å². The number of piperidine rings is 1. The number of urea groups is 1. The number of hydrogen-bond acceptors (Lipinski definition) is 16. The van der Waals surface area contributed by atoms with E-state index >= 15 is 0 Å². The average molecular weight is 1210 g/mol. The van der Waals surface area contributed by atoms with E-state index in [4.69, 9.17) is 28.4 Å². The summed E-state index contributed by atoms with van der Waals surface area (Å²) in [6.45, 7) is 4.59. The van der Waals surface area contributed by atoms with Gasteiger partial charge in [-0.2, -0.15) is 16.5 Å². The molecule has 84 heavy (non-hydrogen) atoms. The van der Waals surface area contributed by atoms with Crippen LogP contribution in [0, 0.1) is 5.92 Å². The molecule has 0 aromatic heterocycles. The molecule has 3 fully saturated rings. The van der Waals surface area contributed by atoms with E-state index in [-0.39, 0.29) is 113 Å². The van der Waals surface area contributed by atoms with Crippen LogP contribution in [0.15, 0.2) is 83.8 Å². The first-order valence-corrected chi connectivity index (χ1v) is 31.9. The number of carboxylic acid groups (broad SMARTS) is 1. The molecule has 0 bridgehead atoms. The Kier molecular flexibility index (Phi) is 29.5. The topological polar surface area (TPSA) is 279 Å². The summed E-state index contributed by atoms with van der Waals surface area (Å²) in [5.41, 5.74) is 1.53. The lowest BCUT2D eigenvalue weighted by Gasteiger charge is -2.28. The molecule has 0 radical (unpaired) electrons. The van der Waals surface area contributed by atoms with E-state index in [0.29, 0.717) is 49.0 Å². The van der Waals surface area contributed by atoms with Crippen LogP contribution in [0.5, 0.6) is 5.75 Å². The summed E-state index contributed by atoms with van der Waals surface area (Å²) in [5, 5.41) is 21.2. The van der Waals surface area contributed by atoms with Crippen molar-refractivity contribution in [1.29, 1.82) is 0 Å². The van der Waals surface area contributed by atoms with E-state index in [2.05, 4.69) is 37.9 Å². The largest absolute Gasteiger partial charge is 0.494 e. The Balaban J connectivity index is 0.782. The molecule has 22 nitrogen and oxygen atoms in total. The van der Waals surface area contributed by atoms with Gasteiger partial charge in [-0.3, -0.25) is 19.2 Å². The van der Waals surface area contributed by atoms with Gasteiger partial charge in [0, 0.05) is 43.1 Å². The molecule has 6 N–H and O–H groups in total. The number of nitrogens with one attached hydrogen (secondary N) is 5. The number of aliphatic carboxylic acids is 1. The van der Waals surface area contributed by atoms with Crippen LogP contribution in [0.3, 0.4) is 0 Å². The van der Waals surface area contributed by atoms with Crippen LogP contribution < -0.4 is 30.7 Å². The number of nitrogens with zero attached hydrogens (tertiary/aromatic N) is 2. The van der Waals surface area contributed by atoms with Crippen molar-refractivity contribution >= 4 is 57.5 Å². The number of hydrogen-bond donors (Lipinski definition) is 6. The number of benzene rings is 3. The number of carboxylic acids is 1. The van der Waals surface area contributed by atoms with Crippen LogP contribution in [0.2, 0.25) is 0 Å². The van der Waals surface area contributed by atoms with Crippen LogP contribution in [0.25, 0.3) is 0 Å². The highest BCUT2D eigenvalue weighted by Gasteiger charge is 2.42. The van der Waals surface area contributed by atoms with E-state index < -0.39 is 45.9 Å². The normalized spacial score (nSPS) is 17.8. The maximum absolute atomic E-state index is 13.8. The van der Waals surface area contributed by atoms with Gasteiger partial charge in [0.15, 0.2) is 0 Å². The number of ether oxygens (including phenoxy) is 6. The Hall–Kier alpha value is -5.86. The zero-order valence-corrected chi connectivity index (χ0v) is 50.3. The minimum atomic E-state index is -4.33. The Morgan fingerprint density at radius 1 is 0.774 bits per heavy atom. The van der Waals surface area contributed by atoms with E-state index in [0.717, 1.165) is 62.4 Å². The lowest BCUT2D eigenvalue weighted by atomic mass is 9.92. The molecule has 3 aromatic rings. The van der Waals surface area contributed by atoms with Crippen molar-refractivity contribution < 1.29 is 70.7 Å². The number of esters is 1. The molecule has 5 amide bonds. The molecule has 464 valence electrons. The molecule has 0 spiro atoms. The second kappa shape index (κ2) is 36.9. The van der Waals surface area contributed by atoms with Crippen molar-refractivity contribution in [2.24, 2.45) is 5.92 Å². The summed E-state index contributed by atoms with van der Waals surface area (Å²) in [6.07, 6.45) is 10.1. The Morgan fingerprint density at radius 3 is 2.20 bits per heavy atom. The summed E-state index contributed by atoms with van der Waals surface area (Å²) < 4.78 is 63.7. The van der Waals surface area contributed by atoms with Gasteiger partial charge in [-0.1, -0.05) is 61.4 Å². The zero-order chi connectivity index (χ0) is 59.9. The van der Waals surface area contributed by atoms with Crippen LogP contribution in [0.1, 0.15) is 98.5 Å². The van der Waals surface area contributed by atoms with Crippen LogP contribution in [0.4, 0.5) is 4.79 Å². The fourth-order valence-corrected chi connectivity index (χ4v) is 12.8. The first-order valence-electron chi connectivity index (χ1n) is 29.4. The highest BCUT2D eigenvalue weighted by atomic mass is 32.2. The minimum Gasteiger partial charge on any atom is -0.494 e. The van der Waals surface area contributed by atoms with Crippen molar-refractivity contribution in [2.45, 2.75) is 124 Å². The molecule has 0 unspecified atom stereocenters. The van der Waals surface area contributed by atoms with Crippen LogP contribution in [-0.4, -0.2) is 194 Å². The number of carbonyl (C=O) groups excluding carboxylic acids is 5. The van der Waals surface area contributed by atoms with Gasteiger partial charge in [0.05, 0.1) is 69.8 Å². The smallest absolute Gasteiger partial charge is 0.326 e. The lowest BCUT2D eigenvalue weighted by molar-refractivity contribution is -0.147. The molecule has 3 saturated heterocycles. The maximum Gasteiger partial charge on any atom is 0.326 e. The fraction of sp³-hybridized carbons (Fsp3) is 0.600. The van der Waals surface area contributed by atoms with Gasteiger partial charge in [0.2, 0.25) is 21.8 Å². The van der Waals surface area contributed by atoms with Crippen molar-refractivity contribution in [1.82, 2.24) is 35.8 Å². The number of likely N-dealkylation sites (tertiary alicyclic amines) is 1. The molecule has 5 atom stereocenters. The number of thioether (sulfide) groups is 1. The third kappa shape index (κ3) is 24.6. The fourth-order valence-electron chi connectivity index (χ4n) is 10.0. The van der Waals surface area contributed by atoms with E-state index in [1.165, 1.54) is 43.5 Å². The van der Waals surface area contributed by atoms with Crippen LogP contribution >= 0.6 is 11.8 Å². The van der Waals surface area contributed by atoms with Crippen molar-refractivity contribution in [3.63, 3.8) is 0 Å². The maximum atomic E-state index is 13.8. The standard InChI is InChI=1S/C60H87N7O15S2/c1-66-29-25-44(26-30-66)13-9-11-31-81-48-23-21-45(22-24-48)39-51(59(73)82-41-46-14-4-3-5-15-46)65-84(75,76)49-17-12-16-47(40-49)57(70)61-27-32-77-33-34-78-35-36-79-37-38-80-42-54(68)62-50(58(71)72)18-8-10-28-67(2)55(69)20-7-6-19-53-56-52(43-83-53)63-60(74)64-56/h3-5,12,14-17,21-24,40,44,50-53,56,65H,6-11,13,18-20,25-39,41-43H2,1-2H3,(H,61,70)(H,62,68)(H,71,72)(H2,63,64,74)/t50-,51-,52-,53-,56-/m0/s1. The van der Waals surface area contributed by atoms with E-state index in [1.54, 1.807) is 36.2 Å². The SMILES string of the molecule is CN1CCC(CCCCOc2ccc(C[C@H](NS(=O)(=O)c3cccc(C(=O)NCCOCCOCCOCCOCC(=O)N[C@@H](CCCCN(C)C(=O)CCCC[C@@H]4SC[C@@H]5NC(=O)N[C@@H]54)C(=O)O)c3)C(=O)OCc3ccccc3)cc2)CC1. The van der Waals surface area contributed by atoms with Gasteiger partial charge in [0.1, 0.15) is 31.0 Å². The quantitative estimate of drug-likeness (QED) is 0.0250. The van der Waals surface area contributed by atoms with Crippen molar-refractivity contribution in [2.75, 3.05) is 105 Å². The molecule has 3 aromatic carbocycles. The molecule has 3 heterocycles. The minimum absolute atomic E-state index is 0.00312. The Morgan fingerprint density at radius 2 is 1.48 bits per heavy atom. The predicted molar refractivity (Wildman–Crippen MR) is 317 cm³/mol. The molecule has 3 aliphatic heterocycles. The summed E-state index contributed by atoms with van der Waals surface area (Å²) in [5.74, 6) is -0.586. The van der Waals surface area contributed by atoms with Gasteiger partial charge >= 0.3 is 18.0 Å². The Bertz CT molecular complexity index is 2610.